The van der Waals surface area contributed by atoms with Crippen LogP contribution in [-0.4, -0.2) is 16.3 Å². The first-order valence-electron chi connectivity index (χ1n) is 6.83. The van der Waals surface area contributed by atoms with Gasteiger partial charge in [-0.3, -0.25) is 5.10 Å². The molecule has 1 heterocycles. The molecule has 0 saturated carbocycles. The molecule has 3 N–H and O–H groups in total. The molecule has 1 atom stereocenters. The number of primary amides is 1. The molecule has 0 aliphatic rings. The number of rotatable bonds is 5. The van der Waals surface area contributed by atoms with Crippen LogP contribution in [0.4, 0.5) is 4.79 Å². The molecule has 0 fully saturated rings. The third kappa shape index (κ3) is 3.71. The Labute approximate surface area is 133 Å². The van der Waals surface area contributed by atoms with Crippen molar-refractivity contribution in [3.63, 3.8) is 0 Å². The molecule has 22 heavy (non-hydrogen) atoms. The third-order valence-electron chi connectivity index (χ3n) is 3.15. The fraction of sp³-hybridized carbons (Fsp3) is 0.333. The van der Waals surface area contributed by atoms with Crippen LogP contribution in [0.25, 0.3) is 0 Å². The van der Waals surface area contributed by atoms with Gasteiger partial charge in [0.2, 0.25) is 5.88 Å². The van der Waals surface area contributed by atoms with Crippen molar-refractivity contribution in [2.75, 3.05) is 0 Å². The number of halogens is 1. The van der Waals surface area contributed by atoms with Gasteiger partial charge in [0.25, 0.3) is 0 Å². The van der Waals surface area contributed by atoms with Crippen molar-refractivity contribution in [2.24, 2.45) is 11.7 Å². The van der Waals surface area contributed by atoms with E-state index in [0.717, 1.165) is 5.56 Å². The summed E-state index contributed by atoms with van der Waals surface area (Å²) in [5, 5.41) is 7.56. The first-order valence-corrected chi connectivity index (χ1v) is 7.20. The van der Waals surface area contributed by atoms with E-state index in [2.05, 4.69) is 10.2 Å². The van der Waals surface area contributed by atoms with Crippen molar-refractivity contribution >= 4 is 17.7 Å². The van der Waals surface area contributed by atoms with Crippen molar-refractivity contribution in [1.82, 2.24) is 10.2 Å². The molecule has 2 aromatic rings. The zero-order valence-electron chi connectivity index (χ0n) is 12.6. The second-order valence-electron chi connectivity index (χ2n) is 5.23. The summed E-state index contributed by atoms with van der Waals surface area (Å²) in [7, 11) is 0. The lowest BCUT2D eigenvalue weighted by Crippen LogP contribution is -2.21. The van der Waals surface area contributed by atoms with E-state index >= 15 is 0 Å². The SMILES string of the molecule is Cc1c(Oc2cccc(Cl)c2)n[nH]c1C(OC(N)=O)C(C)C. The Balaban J connectivity index is 2.26. The standard InChI is InChI=1S/C15H18ClN3O3/c1-8(2)13(22-15(17)20)12-9(3)14(19-18-12)21-11-6-4-5-10(16)7-11/h4-8,13H,1-3H3,(H2,17,20)(H,18,19). The number of amides is 1. The van der Waals surface area contributed by atoms with Crippen molar-refractivity contribution in [3.8, 4) is 11.6 Å². The van der Waals surface area contributed by atoms with Crippen LogP contribution in [0.1, 0.15) is 31.2 Å². The molecule has 1 aromatic heterocycles. The molecule has 1 aromatic carbocycles. The van der Waals surface area contributed by atoms with Gasteiger partial charge in [-0.2, -0.15) is 0 Å². The number of carbonyl (C=O) groups excluding carboxylic acids is 1. The number of nitrogens with zero attached hydrogens (tertiary/aromatic N) is 1. The molecular formula is C15H18ClN3O3. The van der Waals surface area contributed by atoms with Crippen LogP contribution < -0.4 is 10.5 Å². The zero-order valence-corrected chi connectivity index (χ0v) is 13.3. The third-order valence-corrected chi connectivity index (χ3v) is 3.38. The van der Waals surface area contributed by atoms with Crippen LogP contribution >= 0.6 is 11.6 Å². The Morgan fingerprint density at radius 3 is 2.73 bits per heavy atom. The molecule has 0 saturated heterocycles. The summed E-state index contributed by atoms with van der Waals surface area (Å²) < 4.78 is 10.9. The summed E-state index contributed by atoms with van der Waals surface area (Å²) in [6, 6.07) is 7.01. The summed E-state index contributed by atoms with van der Waals surface area (Å²) in [6.07, 6.45) is -1.34. The first kappa shape index (κ1) is 16.2. The van der Waals surface area contributed by atoms with Gasteiger partial charge in [-0.25, -0.2) is 4.79 Å². The molecule has 0 aliphatic heterocycles. The minimum Gasteiger partial charge on any atom is -0.440 e. The molecule has 7 heteroatoms. The fourth-order valence-electron chi connectivity index (χ4n) is 2.07. The molecule has 0 aliphatic carbocycles. The highest BCUT2D eigenvalue weighted by molar-refractivity contribution is 6.30. The Hall–Kier alpha value is -2.21. The Kier molecular flexibility index (Phi) is 4.92. The summed E-state index contributed by atoms with van der Waals surface area (Å²) in [6.45, 7) is 5.68. The van der Waals surface area contributed by atoms with Gasteiger partial charge in [-0.05, 0) is 31.0 Å². The van der Waals surface area contributed by atoms with Gasteiger partial charge in [0.05, 0.1) is 5.69 Å². The number of benzene rings is 1. The highest BCUT2D eigenvalue weighted by Gasteiger charge is 2.25. The molecule has 1 unspecified atom stereocenters. The smallest absolute Gasteiger partial charge is 0.405 e. The minimum absolute atomic E-state index is 0.0330. The van der Waals surface area contributed by atoms with Gasteiger partial charge in [0.1, 0.15) is 11.9 Å². The van der Waals surface area contributed by atoms with Crippen LogP contribution in [0.15, 0.2) is 24.3 Å². The quantitative estimate of drug-likeness (QED) is 0.871. The van der Waals surface area contributed by atoms with E-state index in [0.29, 0.717) is 22.3 Å². The Morgan fingerprint density at radius 2 is 2.14 bits per heavy atom. The van der Waals surface area contributed by atoms with Gasteiger partial charge in [-0.15, -0.1) is 5.10 Å². The summed E-state index contributed by atoms with van der Waals surface area (Å²) in [5.41, 5.74) is 6.53. The maximum atomic E-state index is 11.1. The van der Waals surface area contributed by atoms with Gasteiger partial charge in [-0.1, -0.05) is 31.5 Å². The molecule has 2 rings (SSSR count). The van der Waals surface area contributed by atoms with Crippen molar-refractivity contribution in [1.29, 1.82) is 0 Å². The lowest BCUT2D eigenvalue weighted by molar-refractivity contribution is 0.0752. The van der Waals surface area contributed by atoms with E-state index in [4.69, 9.17) is 26.8 Å². The van der Waals surface area contributed by atoms with Crippen LogP contribution in [0.5, 0.6) is 11.6 Å². The van der Waals surface area contributed by atoms with Crippen LogP contribution in [0, 0.1) is 12.8 Å². The van der Waals surface area contributed by atoms with Gasteiger partial charge in [0.15, 0.2) is 0 Å². The average Bonchev–Trinajstić information content (AvgIpc) is 2.77. The van der Waals surface area contributed by atoms with Gasteiger partial charge in [0, 0.05) is 10.6 Å². The number of aromatic amines is 1. The minimum atomic E-state index is -0.829. The monoisotopic (exact) mass is 323 g/mol. The number of ether oxygens (including phenoxy) is 2. The highest BCUT2D eigenvalue weighted by Crippen LogP contribution is 2.33. The summed E-state index contributed by atoms with van der Waals surface area (Å²) >= 11 is 5.93. The number of aromatic nitrogens is 2. The molecule has 1 amide bonds. The Bertz CT molecular complexity index is 670. The number of H-pyrrole nitrogens is 1. The lowest BCUT2D eigenvalue weighted by atomic mass is 10.0. The molecule has 0 radical (unpaired) electrons. The van der Waals surface area contributed by atoms with E-state index < -0.39 is 12.2 Å². The second-order valence-corrected chi connectivity index (χ2v) is 5.66. The summed E-state index contributed by atoms with van der Waals surface area (Å²) in [4.78, 5) is 11.1. The molecule has 0 spiro atoms. The molecule has 118 valence electrons. The zero-order chi connectivity index (χ0) is 16.3. The van der Waals surface area contributed by atoms with Crippen molar-refractivity contribution in [3.05, 3.63) is 40.5 Å². The van der Waals surface area contributed by atoms with E-state index in [1.54, 1.807) is 24.3 Å². The maximum absolute atomic E-state index is 11.1. The van der Waals surface area contributed by atoms with Crippen LogP contribution in [0.3, 0.4) is 0 Å². The van der Waals surface area contributed by atoms with Gasteiger partial charge >= 0.3 is 6.09 Å². The van der Waals surface area contributed by atoms with Crippen molar-refractivity contribution < 1.29 is 14.3 Å². The lowest BCUT2D eigenvalue weighted by Gasteiger charge is -2.19. The van der Waals surface area contributed by atoms with E-state index in [-0.39, 0.29) is 5.92 Å². The number of nitrogens with two attached hydrogens (primary N) is 1. The number of nitrogens with one attached hydrogen (secondary N) is 1. The van der Waals surface area contributed by atoms with E-state index in [1.807, 2.05) is 20.8 Å². The predicted octanol–water partition coefficient (Wildman–Crippen LogP) is 3.96. The number of hydrogen-bond donors (Lipinski definition) is 2. The van der Waals surface area contributed by atoms with Crippen LogP contribution in [0.2, 0.25) is 5.02 Å². The van der Waals surface area contributed by atoms with E-state index in [9.17, 15) is 4.79 Å². The number of hydrogen-bond acceptors (Lipinski definition) is 4. The molecule has 6 nitrogen and oxygen atoms in total. The average molecular weight is 324 g/mol. The highest BCUT2D eigenvalue weighted by atomic mass is 35.5. The largest absolute Gasteiger partial charge is 0.440 e. The Morgan fingerprint density at radius 1 is 1.41 bits per heavy atom. The molecule has 0 bridgehead atoms. The summed E-state index contributed by atoms with van der Waals surface area (Å²) in [5.74, 6) is 1.01. The number of carbonyl (C=O) groups is 1. The van der Waals surface area contributed by atoms with Crippen molar-refractivity contribution in [2.45, 2.75) is 26.9 Å². The van der Waals surface area contributed by atoms with Crippen LogP contribution in [-0.2, 0) is 4.74 Å². The van der Waals surface area contributed by atoms with E-state index in [1.165, 1.54) is 0 Å². The van der Waals surface area contributed by atoms with Gasteiger partial charge < -0.3 is 15.2 Å². The second kappa shape index (κ2) is 6.70. The molecular weight excluding hydrogens is 306 g/mol. The first-order chi connectivity index (χ1) is 10.4. The maximum Gasteiger partial charge on any atom is 0.405 e. The fourth-order valence-corrected chi connectivity index (χ4v) is 2.25. The predicted molar refractivity (Wildman–Crippen MR) is 83.1 cm³/mol. The normalized spacial score (nSPS) is 12.2. The topological polar surface area (TPSA) is 90.2 Å².